The second kappa shape index (κ2) is 6.50. The van der Waals surface area contributed by atoms with Gasteiger partial charge in [-0.1, -0.05) is 18.2 Å². The molecular weight excluding hydrogens is 270 g/mol. The Morgan fingerprint density at radius 3 is 2.52 bits per heavy atom. The van der Waals surface area contributed by atoms with Gasteiger partial charge in [0.05, 0.1) is 4.92 Å². The highest BCUT2D eigenvalue weighted by Crippen LogP contribution is 2.33. The maximum Gasteiger partial charge on any atom is 0.329 e. The lowest BCUT2D eigenvalue weighted by Crippen LogP contribution is -2.02. The molecule has 0 aliphatic heterocycles. The summed E-state index contributed by atoms with van der Waals surface area (Å²) in [7, 11) is 0. The van der Waals surface area contributed by atoms with Gasteiger partial charge in [0.1, 0.15) is 17.4 Å². The van der Waals surface area contributed by atoms with E-state index in [9.17, 15) is 10.1 Å². The van der Waals surface area contributed by atoms with Crippen LogP contribution in [0.5, 0.6) is 11.5 Å². The molecule has 2 aromatic carbocycles. The molecule has 0 amide bonds. The van der Waals surface area contributed by atoms with Crippen molar-refractivity contribution in [2.24, 2.45) is 5.73 Å². The van der Waals surface area contributed by atoms with Crippen molar-refractivity contribution in [3.63, 3.8) is 0 Å². The van der Waals surface area contributed by atoms with Crippen LogP contribution in [-0.4, -0.2) is 11.5 Å². The Morgan fingerprint density at radius 1 is 1.24 bits per heavy atom. The van der Waals surface area contributed by atoms with E-state index >= 15 is 0 Å². The van der Waals surface area contributed by atoms with Crippen LogP contribution in [0.2, 0.25) is 0 Å². The molecule has 0 bridgehead atoms. The smallest absolute Gasteiger partial charge is 0.329 e. The van der Waals surface area contributed by atoms with Crippen molar-refractivity contribution in [1.29, 1.82) is 5.26 Å². The Hall–Kier alpha value is -2.91. The Labute approximate surface area is 121 Å². The van der Waals surface area contributed by atoms with Gasteiger partial charge in [0.2, 0.25) is 5.75 Å². The van der Waals surface area contributed by atoms with Crippen molar-refractivity contribution < 1.29 is 9.66 Å². The standard InChI is InChI=1S/C15H13N3O3/c16-9-8-11-4-6-13(7-5-11)21-14-3-1-2-12(10-17)15(14)18(19)20/h1-7H,8-9,16H2. The first-order valence-corrected chi connectivity index (χ1v) is 6.30. The SMILES string of the molecule is N#Cc1cccc(Oc2ccc(CCN)cc2)c1[N+](=O)[O-]. The molecule has 0 fully saturated rings. The topological polar surface area (TPSA) is 102 Å². The van der Waals surface area contributed by atoms with E-state index in [1.807, 2.05) is 12.1 Å². The van der Waals surface area contributed by atoms with Crippen LogP contribution in [0.3, 0.4) is 0 Å². The first kappa shape index (κ1) is 14.5. The minimum Gasteiger partial charge on any atom is -0.450 e. The minimum absolute atomic E-state index is 0.0303. The van der Waals surface area contributed by atoms with Gasteiger partial charge in [-0.3, -0.25) is 10.1 Å². The van der Waals surface area contributed by atoms with E-state index in [1.165, 1.54) is 12.1 Å². The lowest BCUT2D eigenvalue weighted by atomic mass is 10.1. The lowest BCUT2D eigenvalue weighted by molar-refractivity contribution is -0.385. The van der Waals surface area contributed by atoms with Crippen LogP contribution in [0.15, 0.2) is 42.5 Å². The number of nitriles is 1. The number of nitrogens with two attached hydrogens (primary N) is 1. The molecule has 6 nitrogen and oxygen atoms in total. The number of nitro benzene ring substituents is 1. The molecule has 2 N–H and O–H groups in total. The third-order valence-corrected chi connectivity index (χ3v) is 2.89. The molecule has 2 rings (SSSR count). The van der Waals surface area contributed by atoms with Gasteiger partial charge in [-0.25, -0.2) is 0 Å². The summed E-state index contributed by atoms with van der Waals surface area (Å²) in [6.07, 6.45) is 0.754. The van der Waals surface area contributed by atoms with E-state index in [-0.39, 0.29) is 17.0 Å². The van der Waals surface area contributed by atoms with E-state index in [2.05, 4.69) is 0 Å². The maximum atomic E-state index is 11.1. The van der Waals surface area contributed by atoms with Crippen LogP contribution in [0.25, 0.3) is 0 Å². The number of para-hydroxylation sites is 1. The monoisotopic (exact) mass is 283 g/mol. The van der Waals surface area contributed by atoms with Crippen molar-refractivity contribution >= 4 is 5.69 Å². The molecule has 0 aromatic heterocycles. The Bertz CT molecular complexity index is 690. The van der Waals surface area contributed by atoms with Gasteiger partial charge < -0.3 is 10.5 Å². The third-order valence-electron chi connectivity index (χ3n) is 2.89. The van der Waals surface area contributed by atoms with Gasteiger partial charge in [-0.05, 0) is 42.8 Å². The van der Waals surface area contributed by atoms with Crippen molar-refractivity contribution in [2.45, 2.75) is 6.42 Å². The van der Waals surface area contributed by atoms with Gasteiger partial charge >= 0.3 is 5.69 Å². The Morgan fingerprint density at radius 2 is 1.95 bits per heavy atom. The lowest BCUT2D eigenvalue weighted by Gasteiger charge is -2.07. The quantitative estimate of drug-likeness (QED) is 0.671. The van der Waals surface area contributed by atoms with Gasteiger partial charge in [-0.15, -0.1) is 0 Å². The predicted octanol–water partition coefficient (Wildman–Crippen LogP) is 2.76. The summed E-state index contributed by atoms with van der Waals surface area (Å²) in [4.78, 5) is 10.5. The second-order valence-electron chi connectivity index (χ2n) is 4.31. The van der Waals surface area contributed by atoms with Crippen molar-refractivity contribution in [2.75, 3.05) is 6.54 Å². The zero-order valence-electron chi connectivity index (χ0n) is 11.2. The van der Waals surface area contributed by atoms with Crippen molar-refractivity contribution in [3.8, 4) is 17.6 Å². The molecule has 0 radical (unpaired) electrons. The van der Waals surface area contributed by atoms with Crippen LogP contribution in [0.4, 0.5) is 5.69 Å². The molecule has 6 heteroatoms. The van der Waals surface area contributed by atoms with Gasteiger partial charge in [0.15, 0.2) is 0 Å². The molecule has 0 atom stereocenters. The first-order chi connectivity index (χ1) is 10.2. The van der Waals surface area contributed by atoms with Gasteiger partial charge in [0, 0.05) is 0 Å². The van der Waals surface area contributed by atoms with Gasteiger partial charge in [-0.2, -0.15) is 5.26 Å². The number of hydrogen-bond donors (Lipinski definition) is 1. The number of hydrogen-bond acceptors (Lipinski definition) is 5. The molecule has 0 aliphatic carbocycles. The minimum atomic E-state index is -0.614. The van der Waals surface area contributed by atoms with Crippen LogP contribution in [-0.2, 0) is 6.42 Å². The summed E-state index contributed by atoms with van der Waals surface area (Å²) in [6, 6.07) is 13.3. The van der Waals surface area contributed by atoms with Crippen LogP contribution in [0, 0.1) is 21.4 Å². The van der Waals surface area contributed by atoms with E-state index in [1.54, 1.807) is 24.3 Å². The van der Waals surface area contributed by atoms with Crippen LogP contribution in [0.1, 0.15) is 11.1 Å². The van der Waals surface area contributed by atoms with E-state index < -0.39 is 4.92 Å². The zero-order chi connectivity index (χ0) is 15.2. The Balaban J connectivity index is 2.31. The Kier molecular flexibility index (Phi) is 4.49. The highest BCUT2D eigenvalue weighted by atomic mass is 16.6. The van der Waals surface area contributed by atoms with Crippen LogP contribution >= 0.6 is 0 Å². The highest BCUT2D eigenvalue weighted by Gasteiger charge is 2.21. The number of nitrogens with zero attached hydrogens (tertiary/aromatic N) is 2. The number of benzene rings is 2. The number of ether oxygens (including phenoxy) is 1. The molecular formula is C15H13N3O3. The fourth-order valence-electron chi connectivity index (χ4n) is 1.90. The average molecular weight is 283 g/mol. The predicted molar refractivity (Wildman–Crippen MR) is 77.1 cm³/mol. The molecule has 0 aliphatic rings. The van der Waals surface area contributed by atoms with E-state index in [0.717, 1.165) is 12.0 Å². The fourth-order valence-corrected chi connectivity index (χ4v) is 1.90. The fraction of sp³-hybridized carbons (Fsp3) is 0.133. The maximum absolute atomic E-state index is 11.1. The molecule has 21 heavy (non-hydrogen) atoms. The molecule has 0 spiro atoms. The third kappa shape index (κ3) is 3.35. The second-order valence-corrected chi connectivity index (χ2v) is 4.31. The average Bonchev–Trinajstić information content (AvgIpc) is 2.49. The van der Waals surface area contributed by atoms with E-state index in [0.29, 0.717) is 12.3 Å². The van der Waals surface area contributed by atoms with E-state index in [4.69, 9.17) is 15.7 Å². The number of nitro groups is 1. The summed E-state index contributed by atoms with van der Waals surface area (Å²) in [5.41, 5.74) is 6.17. The summed E-state index contributed by atoms with van der Waals surface area (Å²) in [6.45, 7) is 0.551. The largest absolute Gasteiger partial charge is 0.450 e. The summed E-state index contributed by atoms with van der Waals surface area (Å²) >= 11 is 0. The van der Waals surface area contributed by atoms with Gasteiger partial charge in [0.25, 0.3) is 0 Å². The molecule has 0 heterocycles. The normalized spacial score (nSPS) is 9.90. The molecule has 0 saturated carbocycles. The van der Waals surface area contributed by atoms with Crippen molar-refractivity contribution in [3.05, 3.63) is 63.7 Å². The first-order valence-electron chi connectivity index (χ1n) is 6.30. The molecule has 106 valence electrons. The molecule has 0 unspecified atom stereocenters. The van der Waals surface area contributed by atoms with Crippen molar-refractivity contribution in [1.82, 2.24) is 0 Å². The summed E-state index contributed by atoms with van der Waals surface area (Å²) in [5, 5.41) is 20.0. The summed E-state index contributed by atoms with van der Waals surface area (Å²) < 4.78 is 5.52. The molecule has 2 aromatic rings. The molecule has 0 saturated heterocycles. The highest BCUT2D eigenvalue weighted by molar-refractivity contribution is 5.59. The zero-order valence-corrected chi connectivity index (χ0v) is 11.2. The number of rotatable bonds is 5. The van der Waals surface area contributed by atoms with Crippen LogP contribution < -0.4 is 10.5 Å². The summed E-state index contributed by atoms with van der Waals surface area (Å²) in [5.74, 6) is 0.514.